The minimum Gasteiger partial charge on any atom is -0.496 e. The van der Waals surface area contributed by atoms with Crippen LogP contribution in [-0.2, 0) is 6.42 Å². The number of nitrogens with one attached hydrogen (secondary N) is 1. The first-order valence-corrected chi connectivity index (χ1v) is 9.52. The van der Waals surface area contributed by atoms with Gasteiger partial charge in [0.15, 0.2) is 0 Å². The van der Waals surface area contributed by atoms with Crippen LogP contribution in [0.5, 0.6) is 11.5 Å². The first-order valence-electron chi connectivity index (χ1n) is 9.52. The van der Waals surface area contributed by atoms with Crippen molar-refractivity contribution in [3.05, 3.63) is 83.4 Å². The predicted octanol–water partition coefficient (Wildman–Crippen LogP) is 5.00. The number of ether oxygens (including phenoxy) is 2. The molecule has 1 atom stereocenters. The molecule has 0 aromatic heterocycles. The molecular formula is C24H25NO2. The summed E-state index contributed by atoms with van der Waals surface area (Å²) in [5.74, 6) is 1.86. The van der Waals surface area contributed by atoms with Crippen LogP contribution in [0.4, 0.5) is 0 Å². The normalized spacial score (nSPS) is 15.9. The van der Waals surface area contributed by atoms with E-state index in [0.29, 0.717) is 6.61 Å². The SMILES string of the molecule is CCOc1ccc2c(c1)CCNC2c1cc(-c2ccccc2)ccc1OC. The van der Waals surface area contributed by atoms with Crippen molar-refractivity contribution < 1.29 is 9.47 Å². The molecule has 0 spiro atoms. The van der Waals surface area contributed by atoms with E-state index in [1.165, 1.54) is 27.8 Å². The standard InChI is InChI=1S/C24H25NO2/c1-3-27-20-10-11-21-19(15-20)13-14-25-24(21)22-16-18(9-12-23(22)26-2)17-7-5-4-6-8-17/h4-12,15-16,24-25H,3,13-14H2,1-2H3. The average Bonchev–Trinajstić information content (AvgIpc) is 2.73. The van der Waals surface area contributed by atoms with Crippen molar-refractivity contribution in [1.29, 1.82) is 0 Å². The molecule has 0 bridgehead atoms. The zero-order valence-electron chi connectivity index (χ0n) is 15.9. The minimum absolute atomic E-state index is 0.114. The van der Waals surface area contributed by atoms with Gasteiger partial charge in [0, 0.05) is 12.1 Å². The second kappa shape index (κ2) is 7.85. The van der Waals surface area contributed by atoms with E-state index in [1.54, 1.807) is 7.11 Å². The monoisotopic (exact) mass is 359 g/mol. The van der Waals surface area contributed by atoms with E-state index in [0.717, 1.165) is 24.5 Å². The summed E-state index contributed by atoms with van der Waals surface area (Å²) in [6.07, 6.45) is 1.01. The highest BCUT2D eigenvalue weighted by atomic mass is 16.5. The van der Waals surface area contributed by atoms with Crippen LogP contribution >= 0.6 is 0 Å². The fourth-order valence-corrected chi connectivity index (χ4v) is 3.85. The molecule has 1 heterocycles. The predicted molar refractivity (Wildman–Crippen MR) is 110 cm³/mol. The van der Waals surface area contributed by atoms with Gasteiger partial charge >= 0.3 is 0 Å². The molecule has 1 unspecified atom stereocenters. The molecule has 4 rings (SSSR count). The third kappa shape index (κ3) is 3.56. The van der Waals surface area contributed by atoms with Crippen LogP contribution < -0.4 is 14.8 Å². The zero-order valence-corrected chi connectivity index (χ0v) is 15.9. The number of hydrogen-bond donors (Lipinski definition) is 1. The Bertz CT molecular complexity index is 921. The smallest absolute Gasteiger partial charge is 0.124 e. The van der Waals surface area contributed by atoms with E-state index in [9.17, 15) is 0 Å². The Morgan fingerprint density at radius 2 is 1.78 bits per heavy atom. The second-order valence-electron chi connectivity index (χ2n) is 6.75. The molecule has 27 heavy (non-hydrogen) atoms. The molecule has 1 aliphatic rings. The fraction of sp³-hybridized carbons (Fsp3) is 0.250. The maximum Gasteiger partial charge on any atom is 0.124 e. The molecule has 3 aromatic rings. The van der Waals surface area contributed by atoms with Crippen LogP contribution in [-0.4, -0.2) is 20.3 Å². The number of hydrogen-bond acceptors (Lipinski definition) is 3. The summed E-state index contributed by atoms with van der Waals surface area (Å²) >= 11 is 0. The van der Waals surface area contributed by atoms with Gasteiger partial charge in [-0.15, -0.1) is 0 Å². The first-order chi connectivity index (χ1) is 13.3. The molecule has 0 aliphatic carbocycles. The van der Waals surface area contributed by atoms with Crippen LogP contribution in [0, 0.1) is 0 Å². The zero-order chi connectivity index (χ0) is 18.6. The summed E-state index contributed by atoms with van der Waals surface area (Å²) in [7, 11) is 1.74. The summed E-state index contributed by atoms with van der Waals surface area (Å²) in [5, 5.41) is 3.68. The van der Waals surface area contributed by atoms with Gasteiger partial charge in [0.05, 0.1) is 19.8 Å². The molecule has 3 heteroatoms. The Hall–Kier alpha value is -2.78. The van der Waals surface area contributed by atoms with Gasteiger partial charge in [-0.1, -0.05) is 42.5 Å². The Morgan fingerprint density at radius 3 is 2.56 bits per heavy atom. The van der Waals surface area contributed by atoms with Crippen LogP contribution in [0.1, 0.15) is 29.7 Å². The lowest BCUT2D eigenvalue weighted by Crippen LogP contribution is -2.30. The molecule has 0 saturated heterocycles. The molecule has 1 N–H and O–H groups in total. The molecule has 0 amide bonds. The Labute approximate surface area is 161 Å². The van der Waals surface area contributed by atoms with E-state index >= 15 is 0 Å². The molecule has 3 nitrogen and oxygen atoms in total. The van der Waals surface area contributed by atoms with Crippen molar-refractivity contribution in [2.24, 2.45) is 0 Å². The fourth-order valence-electron chi connectivity index (χ4n) is 3.85. The third-order valence-electron chi connectivity index (χ3n) is 5.13. The van der Waals surface area contributed by atoms with Gasteiger partial charge in [-0.25, -0.2) is 0 Å². The van der Waals surface area contributed by atoms with Crippen molar-refractivity contribution >= 4 is 0 Å². The molecule has 0 fully saturated rings. The highest BCUT2D eigenvalue weighted by molar-refractivity contribution is 5.66. The maximum atomic E-state index is 5.70. The Morgan fingerprint density at radius 1 is 0.926 bits per heavy atom. The highest BCUT2D eigenvalue weighted by Gasteiger charge is 2.25. The quantitative estimate of drug-likeness (QED) is 0.696. The molecular weight excluding hydrogens is 334 g/mol. The number of benzene rings is 3. The molecule has 138 valence electrons. The lowest BCUT2D eigenvalue weighted by Gasteiger charge is -2.29. The minimum atomic E-state index is 0.114. The van der Waals surface area contributed by atoms with Crippen LogP contribution in [0.25, 0.3) is 11.1 Å². The van der Waals surface area contributed by atoms with Gasteiger partial charge in [0.1, 0.15) is 11.5 Å². The third-order valence-corrected chi connectivity index (χ3v) is 5.13. The molecule has 0 saturated carbocycles. The number of methoxy groups -OCH3 is 1. The van der Waals surface area contributed by atoms with Crippen molar-refractivity contribution in [3.8, 4) is 22.6 Å². The number of fused-ring (bicyclic) bond motifs is 1. The van der Waals surface area contributed by atoms with E-state index in [-0.39, 0.29) is 6.04 Å². The largest absolute Gasteiger partial charge is 0.496 e. The van der Waals surface area contributed by atoms with E-state index in [4.69, 9.17) is 9.47 Å². The molecule has 3 aromatic carbocycles. The second-order valence-corrected chi connectivity index (χ2v) is 6.75. The first kappa shape index (κ1) is 17.6. The van der Waals surface area contributed by atoms with Gasteiger partial charge in [-0.3, -0.25) is 0 Å². The van der Waals surface area contributed by atoms with Crippen molar-refractivity contribution in [2.75, 3.05) is 20.3 Å². The van der Waals surface area contributed by atoms with Gasteiger partial charge in [-0.2, -0.15) is 0 Å². The van der Waals surface area contributed by atoms with E-state index in [2.05, 4.69) is 66.0 Å². The van der Waals surface area contributed by atoms with Crippen molar-refractivity contribution in [2.45, 2.75) is 19.4 Å². The highest BCUT2D eigenvalue weighted by Crippen LogP contribution is 2.37. The Kier molecular flexibility index (Phi) is 5.12. The Balaban J connectivity index is 1.77. The van der Waals surface area contributed by atoms with Crippen molar-refractivity contribution in [1.82, 2.24) is 5.32 Å². The molecule has 1 aliphatic heterocycles. The summed E-state index contributed by atoms with van der Waals surface area (Å²) in [4.78, 5) is 0. The van der Waals surface area contributed by atoms with Crippen LogP contribution in [0.3, 0.4) is 0 Å². The average molecular weight is 359 g/mol. The summed E-state index contributed by atoms with van der Waals surface area (Å²) in [6.45, 7) is 3.64. The van der Waals surface area contributed by atoms with E-state index < -0.39 is 0 Å². The number of rotatable bonds is 5. The summed E-state index contributed by atoms with van der Waals surface area (Å²) < 4.78 is 11.4. The van der Waals surface area contributed by atoms with Gasteiger partial charge in [-0.05, 0) is 59.9 Å². The summed E-state index contributed by atoms with van der Waals surface area (Å²) in [6, 6.07) is 23.5. The van der Waals surface area contributed by atoms with Crippen LogP contribution in [0.15, 0.2) is 66.7 Å². The van der Waals surface area contributed by atoms with Gasteiger partial charge < -0.3 is 14.8 Å². The lowest BCUT2D eigenvalue weighted by atomic mass is 9.88. The van der Waals surface area contributed by atoms with Crippen LogP contribution in [0.2, 0.25) is 0 Å². The van der Waals surface area contributed by atoms with Gasteiger partial charge in [0.25, 0.3) is 0 Å². The molecule has 0 radical (unpaired) electrons. The van der Waals surface area contributed by atoms with Gasteiger partial charge in [0.2, 0.25) is 0 Å². The van der Waals surface area contributed by atoms with E-state index in [1.807, 2.05) is 13.0 Å². The topological polar surface area (TPSA) is 30.5 Å². The summed E-state index contributed by atoms with van der Waals surface area (Å²) in [5.41, 5.74) is 6.23. The van der Waals surface area contributed by atoms with Crippen molar-refractivity contribution in [3.63, 3.8) is 0 Å². The maximum absolute atomic E-state index is 5.70. The lowest BCUT2D eigenvalue weighted by molar-refractivity contribution is 0.339.